The van der Waals surface area contributed by atoms with Gasteiger partial charge >= 0.3 is 12.1 Å². The first kappa shape index (κ1) is 24.4. The van der Waals surface area contributed by atoms with E-state index in [1.165, 1.54) is 12.1 Å². The first-order valence-corrected chi connectivity index (χ1v) is 12.6. The van der Waals surface area contributed by atoms with Crippen molar-refractivity contribution in [3.05, 3.63) is 58.9 Å². The van der Waals surface area contributed by atoms with Crippen LogP contribution in [0.1, 0.15) is 54.0 Å². The summed E-state index contributed by atoms with van der Waals surface area (Å²) in [7, 11) is 0. The molecule has 4 heterocycles. The summed E-state index contributed by atoms with van der Waals surface area (Å²) >= 11 is 0. The minimum absolute atomic E-state index is 0.169. The lowest BCUT2D eigenvalue weighted by molar-refractivity contribution is -0.137. The Morgan fingerprint density at radius 3 is 2.61 bits per heavy atom. The zero-order valence-corrected chi connectivity index (χ0v) is 21.2. The molecule has 2 aliphatic rings. The summed E-state index contributed by atoms with van der Waals surface area (Å²) in [4.78, 5) is 27.7. The molecule has 38 heavy (non-hydrogen) atoms. The van der Waals surface area contributed by atoms with E-state index in [0.717, 1.165) is 31.0 Å². The van der Waals surface area contributed by atoms with Crippen molar-refractivity contribution < 1.29 is 23.1 Å². The summed E-state index contributed by atoms with van der Waals surface area (Å²) in [6.45, 7) is 7.09. The van der Waals surface area contributed by atoms with Gasteiger partial charge in [-0.25, -0.2) is 19.7 Å². The quantitative estimate of drug-likeness (QED) is 0.306. The molecule has 0 amide bonds. The molecule has 2 aromatic heterocycles. The number of hydrogen-bond donors (Lipinski definition) is 1. The fraction of sp³-hybridized carbons (Fsp3) is 0.357. The summed E-state index contributed by atoms with van der Waals surface area (Å²) in [6.07, 6.45) is -2.57. The van der Waals surface area contributed by atoms with Gasteiger partial charge in [-0.1, -0.05) is 38.1 Å². The first-order valence-electron chi connectivity index (χ1n) is 12.6. The van der Waals surface area contributed by atoms with E-state index in [9.17, 15) is 23.1 Å². The van der Waals surface area contributed by atoms with E-state index < -0.39 is 17.7 Å². The van der Waals surface area contributed by atoms with Crippen molar-refractivity contribution in [1.29, 1.82) is 0 Å². The van der Waals surface area contributed by atoms with Crippen LogP contribution in [0, 0.1) is 12.8 Å². The zero-order chi connectivity index (χ0) is 26.9. The van der Waals surface area contributed by atoms with Crippen LogP contribution in [0.25, 0.3) is 33.7 Å². The number of fused-ring (bicyclic) bond motifs is 7. The van der Waals surface area contributed by atoms with Crippen LogP contribution in [-0.2, 0) is 12.7 Å². The van der Waals surface area contributed by atoms with E-state index in [-0.39, 0.29) is 24.1 Å². The molecule has 1 N–H and O–H groups in total. The number of imidazole rings is 1. The van der Waals surface area contributed by atoms with E-state index in [1.807, 2.05) is 29.7 Å². The molecule has 2 aromatic carbocycles. The fourth-order valence-corrected chi connectivity index (χ4v) is 5.93. The van der Waals surface area contributed by atoms with Gasteiger partial charge in [-0.3, -0.25) is 0 Å². The molecule has 4 aromatic rings. The van der Waals surface area contributed by atoms with Crippen molar-refractivity contribution in [2.24, 2.45) is 5.92 Å². The second-order valence-corrected chi connectivity index (χ2v) is 10.4. The van der Waals surface area contributed by atoms with E-state index in [2.05, 4.69) is 28.7 Å². The summed E-state index contributed by atoms with van der Waals surface area (Å²) in [6, 6.07) is 9.57. The highest BCUT2D eigenvalue weighted by molar-refractivity contribution is 5.95. The van der Waals surface area contributed by atoms with Gasteiger partial charge in [-0.2, -0.15) is 13.2 Å². The average molecular weight is 522 g/mol. The smallest absolute Gasteiger partial charge is 0.416 e. The summed E-state index contributed by atoms with van der Waals surface area (Å²) in [5.41, 5.74) is 3.54. The van der Waals surface area contributed by atoms with Crippen LogP contribution >= 0.6 is 0 Å². The SMILES string of the molecule is Cc1cccc2c1-c1cc(C(F)(F)F)ccc1Cn1c-2nc2nc(C(=O)O)nc(N3CCCC3C(C)C)c21. The number of aromatic carboxylic acids is 1. The fourth-order valence-electron chi connectivity index (χ4n) is 5.93. The number of aryl methyl sites for hydroxylation is 1. The Labute approximate surface area is 217 Å². The van der Waals surface area contributed by atoms with E-state index in [4.69, 9.17) is 4.98 Å². The van der Waals surface area contributed by atoms with Crippen LogP contribution in [0.3, 0.4) is 0 Å². The zero-order valence-electron chi connectivity index (χ0n) is 21.2. The monoisotopic (exact) mass is 521 g/mol. The number of nitrogens with zero attached hydrogens (tertiary/aromatic N) is 5. The van der Waals surface area contributed by atoms with Crippen LogP contribution in [0.15, 0.2) is 36.4 Å². The number of rotatable bonds is 3. The third-order valence-electron chi connectivity index (χ3n) is 7.67. The van der Waals surface area contributed by atoms with Crippen molar-refractivity contribution in [2.75, 3.05) is 11.4 Å². The van der Waals surface area contributed by atoms with Crippen molar-refractivity contribution in [2.45, 2.75) is 52.4 Å². The molecule has 7 nitrogen and oxygen atoms in total. The van der Waals surface area contributed by atoms with Gasteiger partial charge < -0.3 is 14.6 Å². The number of benzene rings is 2. The predicted octanol–water partition coefficient (Wildman–Crippen LogP) is 6.17. The maximum absolute atomic E-state index is 13.7. The molecule has 6 rings (SSSR count). The van der Waals surface area contributed by atoms with Crippen LogP contribution in [0.5, 0.6) is 0 Å². The lowest BCUT2D eigenvalue weighted by atomic mass is 9.91. The second kappa shape index (κ2) is 8.54. The molecule has 1 atom stereocenters. The standard InChI is InChI=1S/C28H26F3N5O2/c1-14(2)20-8-5-11-35(20)26-22-23(32-24(34-26)27(37)38)33-25-18-7-4-6-15(3)21(18)19-12-17(28(29,30)31)10-9-16(19)13-36(22)25/h4,6-7,9-10,12,14,20H,5,8,11,13H2,1-3H3,(H,37,38). The van der Waals surface area contributed by atoms with Crippen molar-refractivity contribution in [3.63, 3.8) is 0 Å². The normalized spacial score (nSPS) is 16.9. The molecule has 10 heteroatoms. The summed E-state index contributed by atoms with van der Waals surface area (Å²) < 4.78 is 43.0. The van der Waals surface area contributed by atoms with E-state index >= 15 is 0 Å². The average Bonchev–Trinajstić information content (AvgIpc) is 3.46. The lowest BCUT2D eigenvalue weighted by Gasteiger charge is -2.29. The Balaban J connectivity index is 1.67. The number of carbonyl (C=O) groups is 1. The number of halogens is 3. The molecular formula is C28H26F3N5O2. The highest BCUT2D eigenvalue weighted by Crippen LogP contribution is 2.44. The van der Waals surface area contributed by atoms with Crippen molar-refractivity contribution in [3.8, 4) is 22.5 Å². The van der Waals surface area contributed by atoms with Gasteiger partial charge in [-0.15, -0.1) is 0 Å². The maximum Gasteiger partial charge on any atom is 0.416 e. The largest absolute Gasteiger partial charge is 0.475 e. The molecule has 1 fully saturated rings. The van der Waals surface area contributed by atoms with Crippen LogP contribution in [0.2, 0.25) is 0 Å². The Morgan fingerprint density at radius 1 is 1.11 bits per heavy atom. The highest BCUT2D eigenvalue weighted by atomic mass is 19.4. The molecule has 1 saturated heterocycles. The van der Waals surface area contributed by atoms with Gasteiger partial charge in [0.25, 0.3) is 0 Å². The number of anilines is 1. The van der Waals surface area contributed by atoms with Crippen molar-refractivity contribution >= 4 is 23.0 Å². The van der Waals surface area contributed by atoms with Gasteiger partial charge in [0.1, 0.15) is 11.3 Å². The Bertz CT molecular complexity index is 1610. The molecular weight excluding hydrogens is 495 g/mol. The number of carboxylic acid groups (broad SMARTS) is 1. The van der Waals surface area contributed by atoms with Crippen molar-refractivity contribution in [1.82, 2.24) is 19.5 Å². The second-order valence-electron chi connectivity index (χ2n) is 10.4. The summed E-state index contributed by atoms with van der Waals surface area (Å²) in [5, 5.41) is 9.78. The minimum atomic E-state index is -4.47. The van der Waals surface area contributed by atoms with Crippen LogP contribution in [0.4, 0.5) is 19.0 Å². The van der Waals surface area contributed by atoms with Gasteiger partial charge in [-0.05, 0) is 60.1 Å². The molecule has 0 saturated carbocycles. The molecule has 1 unspecified atom stereocenters. The molecule has 0 aliphatic carbocycles. The Morgan fingerprint density at radius 2 is 1.89 bits per heavy atom. The number of alkyl halides is 3. The third kappa shape index (κ3) is 3.73. The van der Waals surface area contributed by atoms with Gasteiger partial charge in [0.05, 0.1) is 12.1 Å². The van der Waals surface area contributed by atoms with E-state index in [1.54, 1.807) is 0 Å². The first-order chi connectivity index (χ1) is 18.0. The van der Waals surface area contributed by atoms with Crippen LogP contribution < -0.4 is 4.90 Å². The Hall–Kier alpha value is -3.95. The molecule has 0 spiro atoms. The predicted molar refractivity (Wildman–Crippen MR) is 137 cm³/mol. The van der Waals surface area contributed by atoms with Crippen LogP contribution in [-0.4, -0.2) is 43.2 Å². The Kier molecular flexibility index (Phi) is 5.48. The highest BCUT2D eigenvalue weighted by Gasteiger charge is 2.35. The van der Waals surface area contributed by atoms with Gasteiger partial charge in [0, 0.05) is 18.2 Å². The number of hydrogen-bond acceptors (Lipinski definition) is 5. The van der Waals surface area contributed by atoms with Gasteiger partial charge in [0.2, 0.25) is 5.82 Å². The number of aromatic nitrogens is 4. The molecule has 0 bridgehead atoms. The molecule has 2 aliphatic heterocycles. The lowest BCUT2D eigenvalue weighted by Crippen LogP contribution is -2.34. The third-order valence-corrected chi connectivity index (χ3v) is 7.67. The minimum Gasteiger partial charge on any atom is -0.475 e. The number of carboxylic acids is 1. The summed E-state index contributed by atoms with van der Waals surface area (Å²) in [5.74, 6) is -0.214. The topological polar surface area (TPSA) is 84.1 Å². The maximum atomic E-state index is 13.7. The van der Waals surface area contributed by atoms with Gasteiger partial charge in [0.15, 0.2) is 11.5 Å². The molecule has 196 valence electrons. The van der Waals surface area contributed by atoms with E-state index in [0.29, 0.717) is 45.3 Å². The molecule has 0 radical (unpaired) electrons.